The number of nitrogens with one attached hydrogen (secondary N) is 2. The third-order valence-corrected chi connectivity index (χ3v) is 8.88. The van der Waals surface area contributed by atoms with Gasteiger partial charge in [0.2, 0.25) is 17.7 Å². The van der Waals surface area contributed by atoms with E-state index in [4.69, 9.17) is 9.47 Å². The number of likely N-dealkylation sites (tertiary alicyclic amines) is 1. The molecule has 2 unspecified atom stereocenters. The minimum atomic E-state index is -1.18. The van der Waals surface area contributed by atoms with Crippen LogP contribution < -0.4 is 15.4 Å². The molecule has 1 aliphatic carbocycles. The lowest BCUT2D eigenvalue weighted by Gasteiger charge is -2.36. The highest BCUT2D eigenvalue weighted by atomic mass is 16.6. The first-order valence-electron chi connectivity index (χ1n) is 17.3. The third-order valence-electron chi connectivity index (χ3n) is 8.88. The highest BCUT2D eigenvalue weighted by Gasteiger charge is 2.37. The molecular formula is C34H45N7O9. The van der Waals surface area contributed by atoms with E-state index in [9.17, 15) is 33.9 Å². The van der Waals surface area contributed by atoms with Gasteiger partial charge in [-0.25, -0.2) is 9.48 Å². The molecule has 3 heterocycles. The van der Waals surface area contributed by atoms with Crippen molar-refractivity contribution in [3.63, 3.8) is 0 Å². The molecule has 2 aromatic rings. The number of ether oxygens (including phenoxy) is 2. The summed E-state index contributed by atoms with van der Waals surface area (Å²) < 4.78 is 12.5. The van der Waals surface area contributed by atoms with Crippen LogP contribution in [0.2, 0.25) is 0 Å². The van der Waals surface area contributed by atoms with E-state index in [0.29, 0.717) is 31.7 Å². The van der Waals surface area contributed by atoms with Crippen LogP contribution in [0.25, 0.3) is 5.69 Å². The van der Waals surface area contributed by atoms with Gasteiger partial charge in [-0.05, 0) is 50.7 Å². The van der Waals surface area contributed by atoms with Gasteiger partial charge in [0.05, 0.1) is 12.3 Å². The van der Waals surface area contributed by atoms with Crippen molar-refractivity contribution in [3.8, 4) is 11.6 Å². The zero-order valence-corrected chi connectivity index (χ0v) is 28.3. The Hall–Kier alpha value is -5.15. The largest absolute Gasteiger partial charge is 0.481 e. The zero-order valence-electron chi connectivity index (χ0n) is 28.3. The van der Waals surface area contributed by atoms with E-state index in [1.165, 1.54) is 25.4 Å². The number of nitrogens with zero attached hydrogens (tertiary/aromatic N) is 5. The molecule has 16 heteroatoms. The average Bonchev–Trinajstić information content (AvgIpc) is 3.60. The van der Waals surface area contributed by atoms with Crippen molar-refractivity contribution in [1.82, 2.24) is 35.1 Å². The van der Waals surface area contributed by atoms with Crippen LogP contribution in [0.1, 0.15) is 68.8 Å². The number of carboxylic acids is 1. The molecule has 2 atom stereocenters. The summed E-state index contributed by atoms with van der Waals surface area (Å²) in [6.45, 7) is 3.20. The lowest BCUT2D eigenvalue weighted by molar-refractivity contribution is -0.140. The summed E-state index contributed by atoms with van der Waals surface area (Å²) in [5.41, 5.74) is 0.424. The van der Waals surface area contributed by atoms with Gasteiger partial charge in [-0.3, -0.25) is 24.0 Å². The van der Waals surface area contributed by atoms with Gasteiger partial charge in [-0.1, -0.05) is 31.5 Å². The number of hydrogen-bond acceptors (Lipinski definition) is 9. The number of carbonyl (C=O) groups excluding carboxylic acids is 5. The Morgan fingerprint density at radius 2 is 1.70 bits per heavy atom. The highest BCUT2D eigenvalue weighted by molar-refractivity contribution is 5.96. The lowest BCUT2D eigenvalue weighted by atomic mass is 10.1. The summed E-state index contributed by atoms with van der Waals surface area (Å²) in [5.74, 6) is -2.80. The second-order valence-corrected chi connectivity index (χ2v) is 12.7. The SMILES string of the molecule is CCCCOC(=O)N1CCN(C(=O)C(CCC(=O)O)NC(=O)c2cc(OCC(=O)N3CCCC3C(=O)NC3CC3)n(-c3ccccc3)n2)CC1. The van der Waals surface area contributed by atoms with Crippen LogP contribution in [0.5, 0.6) is 5.88 Å². The van der Waals surface area contributed by atoms with E-state index in [-0.39, 0.29) is 68.5 Å². The fraction of sp³-hybridized carbons (Fsp3) is 0.559. The molecule has 1 saturated carbocycles. The number of piperazine rings is 1. The van der Waals surface area contributed by atoms with Gasteiger partial charge in [0, 0.05) is 51.3 Å². The summed E-state index contributed by atoms with van der Waals surface area (Å²) in [5, 5.41) is 19.4. The van der Waals surface area contributed by atoms with Crippen molar-refractivity contribution in [2.24, 2.45) is 0 Å². The fourth-order valence-electron chi connectivity index (χ4n) is 5.90. The van der Waals surface area contributed by atoms with Crippen molar-refractivity contribution >= 4 is 35.7 Å². The number of amides is 5. The third kappa shape index (κ3) is 9.51. The molecule has 1 aromatic carbocycles. The smallest absolute Gasteiger partial charge is 0.409 e. The minimum absolute atomic E-state index is 0.0863. The minimum Gasteiger partial charge on any atom is -0.481 e. The number of benzene rings is 1. The van der Waals surface area contributed by atoms with Gasteiger partial charge < -0.3 is 39.9 Å². The van der Waals surface area contributed by atoms with Crippen molar-refractivity contribution in [1.29, 1.82) is 0 Å². The number of carboxylic acid groups (broad SMARTS) is 1. The fourth-order valence-corrected chi connectivity index (χ4v) is 5.90. The Morgan fingerprint density at radius 1 is 0.980 bits per heavy atom. The first-order valence-corrected chi connectivity index (χ1v) is 17.3. The Balaban J connectivity index is 1.25. The molecule has 3 N–H and O–H groups in total. The Bertz CT molecular complexity index is 1540. The van der Waals surface area contributed by atoms with Crippen molar-refractivity contribution in [2.75, 3.05) is 45.9 Å². The van der Waals surface area contributed by atoms with Crippen LogP contribution in [0.15, 0.2) is 36.4 Å². The number of aliphatic carboxylic acids is 1. The maximum atomic E-state index is 13.6. The maximum absolute atomic E-state index is 13.6. The molecule has 0 radical (unpaired) electrons. The van der Waals surface area contributed by atoms with Gasteiger partial charge in [0.15, 0.2) is 12.3 Å². The molecule has 270 valence electrons. The van der Waals surface area contributed by atoms with Gasteiger partial charge in [0.1, 0.15) is 12.1 Å². The summed E-state index contributed by atoms with van der Waals surface area (Å²) in [4.78, 5) is 81.4. The Kier molecular flexibility index (Phi) is 12.3. The van der Waals surface area contributed by atoms with E-state index in [1.807, 2.05) is 6.92 Å². The molecule has 50 heavy (non-hydrogen) atoms. The molecule has 0 spiro atoms. The lowest BCUT2D eigenvalue weighted by Crippen LogP contribution is -2.56. The van der Waals surface area contributed by atoms with Gasteiger partial charge >= 0.3 is 12.1 Å². The van der Waals surface area contributed by atoms with Gasteiger partial charge in [-0.2, -0.15) is 5.10 Å². The van der Waals surface area contributed by atoms with Gasteiger partial charge in [0.25, 0.3) is 11.8 Å². The number of para-hydroxylation sites is 1. The molecule has 0 bridgehead atoms. The van der Waals surface area contributed by atoms with Crippen LogP contribution in [-0.4, -0.2) is 129 Å². The predicted octanol–water partition coefficient (Wildman–Crippen LogP) is 1.56. The predicted molar refractivity (Wildman–Crippen MR) is 177 cm³/mol. The quantitative estimate of drug-likeness (QED) is 0.230. The number of unbranched alkanes of at least 4 members (excludes halogenated alkanes) is 1. The Morgan fingerprint density at radius 3 is 2.38 bits per heavy atom. The molecule has 5 amide bonds. The highest BCUT2D eigenvalue weighted by Crippen LogP contribution is 2.24. The average molecular weight is 696 g/mol. The molecule has 2 saturated heterocycles. The van der Waals surface area contributed by atoms with Crippen molar-refractivity contribution in [2.45, 2.75) is 76.4 Å². The van der Waals surface area contributed by atoms with E-state index < -0.39 is 42.6 Å². The normalized spacial score (nSPS) is 17.9. The maximum Gasteiger partial charge on any atom is 0.409 e. The molecule has 2 aliphatic heterocycles. The Labute approximate surface area is 290 Å². The van der Waals surface area contributed by atoms with Crippen LogP contribution >= 0.6 is 0 Å². The van der Waals surface area contributed by atoms with Gasteiger partial charge in [-0.15, -0.1) is 0 Å². The van der Waals surface area contributed by atoms with E-state index in [0.717, 1.165) is 25.7 Å². The number of hydrogen-bond donors (Lipinski definition) is 3. The molecule has 5 rings (SSSR count). The van der Waals surface area contributed by atoms with E-state index in [1.54, 1.807) is 30.3 Å². The molecule has 3 fully saturated rings. The number of carbonyl (C=O) groups is 6. The topological polar surface area (TPSA) is 193 Å². The number of rotatable bonds is 15. The van der Waals surface area contributed by atoms with E-state index >= 15 is 0 Å². The van der Waals surface area contributed by atoms with Crippen molar-refractivity contribution in [3.05, 3.63) is 42.1 Å². The molecule has 3 aliphatic rings. The first kappa shape index (κ1) is 36.1. The summed E-state index contributed by atoms with van der Waals surface area (Å²) in [6.07, 6.45) is 3.81. The monoisotopic (exact) mass is 695 g/mol. The van der Waals surface area contributed by atoms with Crippen LogP contribution in [0, 0.1) is 0 Å². The van der Waals surface area contributed by atoms with Crippen LogP contribution in [0.3, 0.4) is 0 Å². The first-order chi connectivity index (χ1) is 24.1. The van der Waals surface area contributed by atoms with Crippen molar-refractivity contribution < 1.29 is 43.3 Å². The van der Waals surface area contributed by atoms with Crippen LogP contribution in [-0.2, 0) is 23.9 Å². The molecular weight excluding hydrogens is 650 g/mol. The molecule has 1 aromatic heterocycles. The number of aromatic nitrogens is 2. The van der Waals surface area contributed by atoms with E-state index in [2.05, 4.69) is 15.7 Å². The summed E-state index contributed by atoms with van der Waals surface area (Å²) in [6, 6.07) is 8.60. The molecule has 16 nitrogen and oxygen atoms in total. The zero-order chi connectivity index (χ0) is 35.6. The summed E-state index contributed by atoms with van der Waals surface area (Å²) >= 11 is 0. The second kappa shape index (κ2) is 17.0. The summed E-state index contributed by atoms with van der Waals surface area (Å²) in [7, 11) is 0. The standard InChI is InChI=1S/C34H45N7O9/c1-2-3-20-49-34(48)39-18-16-38(17-19-39)33(47)25(13-14-30(43)44)36-31(45)26-21-29(41(37-26)24-8-5-4-6-9-24)50-22-28(42)40-15-7-10-27(40)32(46)35-23-11-12-23/h4-6,8-9,21,23,25,27H,2-3,7,10-20,22H2,1H3,(H,35,46)(H,36,45)(H,43,44). The van der Waals surface area contributed by atoms with Crippen LogP contribution in [0.4, 0.5) is 4.79 Å². The second-order valence-electron chi connectivity index (χ2n) is 12.7.